The van der Waals surface area contributed by atoms with Gasteiger partial charge in [-0.3, -0.25) is 0 Å². The first-order valence-electron chi connectivity index (χ1n) is 11.1. The summed E-state index contributed by atoms with van der Waals surface area (Å²) in [5.74, 6) is 2.25. The van der Waals surface area contributed by atoms with Gasteiger partial charge in [-0.2, -0.15) is 0 Å². The Labute approximate surface area is 160 Å². The summed E-state index contributed by atoms with van der Waals surface area (Å²) in [5.41, 5.74) is 1.63. The molecule has 0 aromatic rings. The molecule has 0 amide bonds. The number of hydrogen-bond acceptors (Lipinski definition) is 3. The molecular weight excluding hydrogens is 322 g/mol. The molecule has 3 N–H and O–H groups in total. The van der Waals surface area contributed by atoms with Crippen LogP contribution in [0, 0.1) is 23.7 Å². The van der Waals surface area contributed by atoms with Gasteiger partial charge in [0, 0.05) is 5.92 Å². The normalized spacial score (nSPS) is 33.6. The maximum Gasteiger partial charge on any atom is 0.0721 e. The van der Waals surface area contributed by atoms with Crippen LogP contribution < -0.4 is 5.32 Å². The zero-order valence-electron chi connectivity index (χ0n) is 16.6. The molecule has 1 heterocycles. The molecule has 2 fully saturated rings. The van der Waals surface area contributed by atoms with E-state index < -0.39 is 0 Å². The highest BCUT2D eigenvalue weighted by atomic mass is 16.3. The SMILES string of the molecule is CCCCC[C@H](O)/C=C/[C@@H]1[C@H]2CC(CCC3CCNCC3)=C[C@H]2C[C@H]1O. The van der Waals surface area contributed by atoms with E-state index in [4.69, 9.17) is 0 Å². The van der Waals surface area contributed by atoms with Crippen molar-refractivity contribution < 1.29 is 10.2 Å². The molecule has 0 bridgehead atoms. The summed E-state index contributed by atoms with van der Waals surface area (Å²) in [6.45, 7) is 4.57. The Balaban J connectivity index is 1.46. The molecule has 0 unspecified atom stereocenters. The third-order valence-electron chi connectivity index (χ3n) is 6.94. The van der Waals surface area contributed by atoms with Crippen LogP contribution in [0.15, 0.2) is 23.8 Å². The van der Waals surface area contributed by atoms with E-state index in [9.17, 15) is 10.2 Å². The summed E-state index contributed by atoms with van der Waals surface area (Å²) >= 11 is 0. The lowest BCUT2D eigenvalue weighted by atomic mass is 9.87. The number of aliphatic hydroxyl groups is 2. The predicted octanol–water partition coefficient (Wildman–Crippen LogP) is 4.21. The van der Waals surface area contributed by atoms with Crippen LogP contribution in [-0.4, -0.2) is 35.5 Å². The summed E-state index contributed by atoms with van der Waals surface area (Å²) in [6.07, 6.45) is 17.6. The van der Waals surface area contributed by atoms with E-state index >= 15 is 0 Å². The van der Waals surface area contributed by atoms with E-state index in [0.717, 1.165) is 31.6 Å². The number of nitrogens with one attached hydrogen (secondary N) is 1. The van der Waals surface area contributed by atoms with Crippen molar-refractivity contribution in [1.29, 1.82) is 0 Å². The average Bonchev–Trinajstić information content (AvgIpc) is 3.16. The first kappa shape index (κ1) is 20.1. The van der Waals surface area contributed by atoms with Crippen molar-refractivity contribution >= 4 is 0 Å². The molecule has 5 atom stereocenters. The van der Waals surface area contributed by atoms with Gasteiger partial charge in [-0.25, -0.2) is 0 Å². The highest BCUT2D eigenvalue weighted by Gasteiger charge is 2.43. The minimum Gasteiger partial charge on any atom is -0.392 e. The predicted molar refractivity (Wildman–Crippen MR) is 108 cm³/mol. The number of unbranched alkanes of at least 4 members (excludes halogenated alkanes) is 2. The number of aliphatic hydroxyl groups excluding tert-OH is 2. The Morgan fingerprint density at radius 1 is 1.27 bits per heavy atom. The molecule has 148 valence electrons. The Kier molecular flexibility index (Phi) is 7.77. The van der Waals surface area contributed by atoms with Crippen LogP contribution in [-0.2, 0) is 0 Å². The van der Waals surface area contributed by atoms with Crippen molar-refractivity contribution in [3.8, 4) is 0 Å². The number of hydrogen-bond donors (Lipinski definition) is 3. The first-order chi connectivity index (χ1) is 12.7. The topological polar surface area (TPSA) is 52.5 Å². The summed E-state index contributed by atoms with van der Waals surface area (Å²) in [4.78, 5) is 0. The molecule has 1 saturated heterocycles. The van der Waals surface area contributed by atoms with E-state index in [-0.39, 0.29) is 18.1 Å². The molecule has 0 radical (unpaired) electrons. The second kappa shape index (κ2) is 10.1. The van der Waals surface area contributed by atoms with Crippen LogP contribution in [0.4, 0.5) is 0 Å². The molecule has 1 aliphatic heterocycles. The summed E-state index contributed by atoms with van der Waals surface area (Å²) in [7, 11) is 0. The lowest BCUT2D eigenvalue weighted by Gasteiger charge is -2.23. The van der Waals surface area contributed by atoms with Gasteiger partial charge in [0.2, 0.25) is 0 Å². The lowest BCUT2D eigenvalue weighted by Crippen LogP contribution is -2.27. The van der Waals surface area contributed by atoms with Gasteiger partial charge in [-0.1, -0.05) is 50.0 Å². The summed E-state index contributed by atoms with van der Waals surface area (Å²) in [5, 5.41) is 24.1. The fourth-order valence-corrected chi connectivity index (χ4v) is 5.31. The van der Waals surface area contributed by atoms with Crippen molar-refractivity contribution in [3.63, 3.8) is 0 Å². The van der Waals surface area contributed by atoms with Crippen LogP contribution in [0.3, 0.4) is 0 Å². The van der Waals surface area contributed by atoms with Crippen LogP contribution in [0.25, 0.3) is 0 Å². The molecule has 0 aromatic heterocycles. The van der Waals surface area contributed by atoms with Crippen LogP contribution in [0.2, 0.25) is 0 Å². The Bertz CT molecular complexity index is 481. The van der Waals surface area contributed by atoms with Crippen molar-refractivity contribution in [2.24, 2.45) is 23.7 Å². The second-order valence-corrected chi connectivity index (χ2v) is 8.92. The largest absolute Gasteiger partial charge is 0.392 e. The number of allylic oxidation sites excluding steroid dienone is 2. The van der Waals surface area contributed by atoms with Crippen LogP contribution in [0.1, 0.15) is 71.1 Å². The molecule has 3 rings (SSSR count). The molecule has 2 aliphatic carbocycles. The zero-order chi connectivity index (χ0) is 18.4. The zero-order valence-corrected chi connectivity index (χ0v) is 16.6. The van der Waals surface area contributed by atoms with Gasteiger partial charge in [0.05, 0.1) is 12.2 Å². The number of fused-ring (bicyclic) bond motifs is 1. The van der Waals surface area contributed by atoms with E-state index in [1.165, 1.54) is 51.6 Å². The maximum absolute atomic E-state index is 10.5. The second-order valence-electron chi connectivity index (χ2n) is 8.92. The Hall–Kier alpha value is -0.640. The number of rotatable bonds is 9. The van der Waals surface area contributed by atoms with Crippen molar-refractivity contribution in [2.75, 3.05) is 13.1 Å². The highest BCUT2D eigenvalue weighted by molar-refractivity contribution is 5.21. The van der Waals surface area contributed by atoms with Gasteiger partial charge in [0.25, 0.3) is 0 Å². The minimum atomic E-state index is -0.346. The Morgan fingerprint density at radius 3 is 2.85 bits per heavy atom. The smallest absolute Gasteiger partial charge is 0.0721 e. The third kappa shape index (κ3) is 5.43. The molecule has 0 aromatic carbocycles. The van der Waals surface area contributed by atoms with Gasteiger partial charge >= 0.3 is 0 Å². The van der Waals surface area contributed by atoms with E-state index in [0.29, 0.717) is 11.8 Å². The van der Waals surface area contributed by atoms with Gasteiger partial charge in [-0.15, -0.1) is 0 Å². The number of piperidine rings is 1. The van der Waals surface area contributed by atoms with Crippen LogP contribution >= 0.6 is 0 Å². The van der Waals surface area contributed by atoms with Crippen LogP contribution in [0.5, 0.6) is 0 Å². The van der Waals surface area contributed by atoms with Gasteiger partial charge in [0.1, 0.15) is 0 Å². The lowest BCUT2D eigenvalue weighted by molar-refractivity contribution is 0.139. The van der Waals surface area contributed by atoms with Gasteiger partial charge in [-0.05, 0) is 75.8 Å². The fraction of sp³-hybridized carbons (Fsp3) is 0.826. The molecule has 3 heteroatoms. The van der Waals surface area contributed by atoms with Crippen molar-refractivity contribution in [1.82, 2.24) is 5.32 Å². The molecule has 3 aliphatic rings. The maximum atomic E-state index is 10.5. The third-order valence-corrected chi connectivity index (χ3v) is 6.94. The molecular formula is C23H39NO2. The molecule has 1 saturated carbocycles. The fourth-order valence-electron chi connectivity index (χ4n) is 5.31. The molecule has 0 spiro atoms. The van der Waals surface area contributed by atoms with Crippen molar-refractivity contribution in [3.05, 3.63) is 23.8 Å². The summed E-state index contributed by atoms with van der Waals surface area (Å²) < 4.78 is 0. The Morgan fingerprint density at radius 2 is 2.08 bits per heavy atom. The monoisotopic (exact) mass is 361 g/mol. The average molecular weight is 362 g/mol. The van der Waals surface area contributed by atoms with E-state index in [2.05, 4.69) is 24.4 Å². The van der Waals surface area contributed by atoms with Gasteiger partial charge < -0.3 is 15.5 Å². The highest BCUT2D eigenvalue weighted by Crippen LogP contribution is 2.48. The van der Waals surface area contributed by atoms with Gasteiger partial charge in [0.15, 0.2) is 0 Å². The van der Waals surface area contributed by atoms with E-state index in [1.807, 2.05) is 6.08 Å². The standard InChI is InChI=1S/C23H39NO2/c1-2-3-4-5-20(25)8-9-21-22-15-18(14-19(22)16-23(21)26)7-6-17-10-12-24-13-11-17/h8-9,14,17,19-26H,2-7,10-13,15-16H2,1H3/b9-8+/t19-,20-,21+,22-,23+/m0/s1. The van der Waals surface area contributed by atoms with E-state index in [1.54, 1.807) is 5.57 Å². The quantitative estimate of drug-likeness (QED) is 0.426. The molecule has 3 nitrogen and oxygen atoms in total. The first-order valence-corrected chi connectivity index (χ1v) is 11.1. The molecule has 26 heavy (non-hydrogen) atoms. The van der Waals surface area contributed by atoms with Crippen molar-refractivity contribution in [2.45, 2.75) is 83.3 Å². The summed E-state index contributed by atoms with van der Waals surface area (Å²) in [6, 6.07) is 0. The minimum absolute atomic E-state index is 0.230.